The van der Waals surface area contributed by atoms with Crippen LogP contribution in [0.3, 0.4) is 0 Å². The fraction of sp³-hybridized carbons (Fsp3) is 0.292. The molecule has 0 saturated carbocycles. The largest absolute Gasteiger partial charge is 0.353 e. The van der Waals surface area contributed by atoms with Crippen molar-refractivity contribution < 1.29 is 4.79 Å². The molecule has 1 fully saturated rings. The van der Waals surface area contributed by atoms with Crippen LogP contribution in [0.5, 0.6) is 0 Å². The van der Waals surface area contributed by atoms with Crippen molar-refractivity contribution >= 4 is 23.2 Å². The topological polar surface area (TPSA) is 73.4 Å². The van der Waals surface area contributed by atoms with Gasteiger partial charge in [-0.1, -0.05) is 29.8 Å². The Labute approximate surface area is 183 Å². The molecule has 2 aromatic carbocycles. The molecular weight excluding hydrogens is 388 g/mol. The predicted octanol–water partition coefficient (Wildman–Crippen LogP) is 4.16. The van der Waals surface area contributed by atoms with Crippen LogP contribution in [0.15, 0.2) is 54.6 Å². The van der Waals surface area contributed by atoms with E-state index in [2.05, 4.69) is 37.7 Å². The summed E-state index contributed by atoms with van der Waals surface area (Å²) < 4.78 is 0. The van der Waals surface area contributed by atoms with Crippen molar-refractivity contribution in [1.29, 1.82) is 0 Å². The number of anilines is 3. The monoisotopic (exact) mass is 416 g/mol. The lowest BCUT2D eigenvalue weighted by atomic mass is 10.1. The van der Waals surface area contributed by atoms with Gasteiger partial charge in [-0.15, -0.1) is 10.2 Å². The smallest absolute Gasteiger partial charge is 0.323 e. The summed E-state index contributed by atoms with van der Waals surface area (Å²) in [5.74, 6) is 0.902. The van der Waals surface area contributed by atoms with E-state index in [4.69, 9.17) is 0 Å². The Morgan fingerprint density at radius 3 is 2.42 bits per heavy atom. The molecule has 4 rings (SSSR count). The highest BCUT2D eigenvalue weighted by atomic mass is 16.2. The van der Waals surface area contributed by atoms with Crippen molar-refractivity contribution in [3.8, 4) is 11.3 Å². The Balaban J connectivity index is 1.42. The number of amides is 2. The van der Waals surface area contributed by atoms with Gasteiger partial charge in [0.05, 0.1) is 5.69 Å². The van der Waals surface area contributed by atoms with E-state index in [-0.39, 0.29) is 6.03 Å². The van der Waals surface area contributed by atoms with Gasteiger partial charge in [0, 0.05) is 43.1 Å². The quantitative estimate of drug-likeness (QED) is 0.668. The van der Waals surface area contributed by atoms with Gasteiger partial charge in [-0.2, -0.15) is 0 Å². The number of rotatable bonds is 4. The molecule has 31 heavy (non-hydrogen) atoms. The number of carbonyl (C=O) groups excluding carboxylic acids is 1. The first-order chi connectivity index (χ1) is 15.0. The van der Waals surface area contributed by atoms with E-state index in [1.165, 1.54) is 0 Å². The number of urea groups is 1. The molecule has 2 amide bonds. The van der Waals surface area contributed by atoms with E-state index < -0.39 is 0 Å². The van der Waals surface area contributed by atoms with E-state index in [0.717, 1.165) is 60.1 Å². The van der Waals surface area contributed by atoms with Crippen LogP contribution in [0, 0.1) is 13.8 Å². The number of benzene rings is 2. The Kier molecular flexibility index (Phi) is 6.13. The van der Waals surface area contributed by atoms with Gasteiger partial charge in [0.15, 0.2) is 5.82 Å². The summed E-state index contributed by atoms with van der Waals surface area (Å²) in [5, 5.41) is 14.6. The Hall–Kier alpha value is -3.45. The third-order valence-electron chi connectivity index (χ3n) is 5.52. The minimum absolute atomic E-state index is 0.277. The van der Waals surface area contributed by atoms with Gasteiger partial charge in [-0.3, -0.25) is 0 Å². The first-order valence-electron chi connectivity index (χ1n) is 10.5. The van der Waals surface area contributed by atoms with Crippen molar-refractivity contribution in [1.82, 2.24) is 15.1 Å². The number of aromatic nitrogens is 2. The normalized spacial score (nSPS) is 14.4. The maximum Gasteiger partial charge on any atom is 0.323 e. The molecule has 0 bridgehead atoms. The highest BCUT2D eigenvalue weighted by Gasteiger charge is 2.16. The lowest BCUT2D eigenvalue weighted by Crippen LogP contribution is -2.44. The second-order valence-corrected chi connectivity index (χ2v) is 8.05. The Morgan fingerprint density at radius 2 is 1.71 bits per heavy atom. The van der Waals surface area contributed by atoms with Gasteiger partial charge >= 0.3 is 6.03 Å². The number of likely N-dealkylation sites (N-methyl/N-ethyl adjacent to an activating group) is 1. The van der Waals surface area contributed by atoms with Gasteiger partial charge < -0.3 is 20.4 Å². The van der Waals surface area contributed by atoms with Crippen LogP contribution in [-0.2, 0) is 0 Å². The zero-order valence-electron chi connectivity index (χ0n) is 18.2. The minimum atomic E-state index is -0.277. The van der Waals surface area contributed by atoms with E-state index in [9.17, 15) is 4.79 Å². The average molecular weight is 417 g/mol. The molecule has 0 atom stereocenters. The van der Waals surface area contributed by atoms with Crippen molar-refractivity contribution in [2.45, 2.75) is 13.8 Å². The SMILES string of the molecule is Cc1ccc(NC(=O)Nc2cccc(-c3ccc(N4CCN(C)CC4)nn3)c2)c(C)c1. The van der Waals surface area contributed by atoms with Crippen LogP contribution in [0.2, 0.25) is 0 Å². The van der Waals surface area contributed by atoms with Gasteiger partial charge in [0.2, 0.25) is 0 Å². The van der Waals surface area contributed by atoms with Crippen molar-refractivity contribution in [2.24, 2.45) is 0 Å². The first kappa shape index (κ1) is 20.8. The van der Waals surface area contributed by atoms with E-state index in [1.807, 2.05) is 68.4 Å². The average Bonchev–Trinajstić information content (AvgIpc) is 2.77. The minimum Gasteiger partial charge on any atom is -0.353 e. The number of hydrogen-bond acceptors (Lipinski definition) is 5. The fourth-order valence-electron chi connectivity index (χ4n) is 3.68. The van der Waals surface area contributed by atoms with Gasteiger partial charge in [0.1, 0.15) is 0 Å². The molecule has 3 aromatic rings. The molecule has 1 aromatic heterocycles. The zero-order valence-corrected chi connectivity index (χ0v) is 18.2. The summed E-state index contributed by atoms with van der Waals surface area (Å²) in [6.45, 7) is 7.98. The van der Waals surface area contributed by atoms with Crippen molar-refractivity contribution in [2.75, 3.05) is 48.8 Å². The standard InChI is InChI=1S/C24H28N6O/c1-17-7-8-21(18(2)15-17)26-24(31)25-20-6-4-5-19(16-20)22-9-10-23(28-27-22)30-13-11-29(3)12-14-30/h4-10,15-16H,11-14H2,1-3H3,(H2,25,26,31). The van der Waals surface area contributed by atoms with Gasteiger partial charge in [-0.25, -0.2) is 4.79 Å². The Morgan fingerprint density at radius 1 is 0.903 bits per heavy atom. The number of nitrogens with one attached hydrogen (secondary N) is 2. The summed E-state index contributed by atoms with van der Waals surface area (Å²) in [4.78, 5) is 17.0. The molecule has 7 heteroatoms. The van der Waals surface area contributed by atoms with Crippen LogP contribution in [-0.4, -0.2) is 54.4 Å². The van der Waals surface area contributed by atoms with Crippen LogP contribution < -0.4 is 15.5 Å². The molecule has 1 aliphatic rings. The maximum absolute atomic E-state index is 12.5. The lowest BCUT2D eigenvalue weighted by molar-refractivity contribution is 0.262. The molecule has 0 unspecified atom stereocenters. The number of carbonyl (C=O) groups is 1. The molecule has 160 valence electrons. The zero-order chi connectivity index (χ0) is 21.8. The summed E-state index contributed by atoms with van der Waals surface area (Å²) in [6.07, 6.45) is 0. The molecular formula is C24H28N6O. The van der Waals surface area contributed by atoms with E-state index in [1.54, 1.807) is 0 Å². The molecule has 1 saturated heterocycles. The molecule has 0 radical (unpaired) electrons. The number of aryl methyl sites for hydroxylation is 2. The van der Waals surface area contributed by atoms with Crippen LogP contribution in [0.25, 0.3) is 11.3 Å². The molecule has 0 spiro atoms. The van der Waals surface area contributed by atoms with Crippen LogP contribution >= 0.6 is 0 Å². The maximum atomic E-state index is 12.5. The van der Waals surface area contributed by atoms with Crippen LogP contribution in [0.4, 0.5) is 22.0 Å². The molecule has 1 aliphatic heterocycles. The predicted molar refractivity (Wildman–Crippen MR) is 126 cm³/mol. The third kappa shape index (κ3) is 5.19. The lowest BCUT2D eigenvalue weighted by Gasteiger charge is -2.32. The second kappa shape index (κ2) is 9.14. The number of piperazine rings is 1. The summed E-state index contributed by atoms with van der Waals surface area (Å²) in [7, 11) is 2.13. The third-order valence-corrected chi connectivity index (χ3v) is 5.52. The number of hydrogen-bond donors (Lipinski definition) is 2. The highest BCUT2D eigenvalue weighted by molar-refractivity contribution is 6.00. The van der Waals surface area contributed by atoms with Crippen LogP contribution in [0.1, 0.15) is 11.1 Å². The van der Waals surface area contributed by atoms with Gasteiger partial charge in [0.25, 0.3) is 0 Å². The van der Waals surface area contributed by atoms with E-state index in [0.29, 0.717) is 5.69 Å². The van der Waals surface area contributed by atoms with Crippen molar-refractivity contribution in [3.05, 3.63) is 65.7 Å². The summed E-state index contributed by atoms with van der Waals surface area (Å²) in [5.41, 5.74) is 5.36. The molecule has 7 nitrogen and oxygen atoms in total. The van der Waals surface area contributed by atoms with Gasteiger partial charge in [-0.05, 0) is 56.8 Å². The molecule has 2 N–H and O–H groups in total. The van der Waals surface area contributed by atoms with E-state index >= 15 is 0 Å². The molecule has 2 heterocycles. The Bertz CT molecular complexity index is 1060. The first-order valence-corrected chi connectivity index (χ1v) is 10.5. The summed E-state index contributed by atoms with van der Waals surface area (Å²) >= 11 is 0. The fourth-order valence-corrected chi connectivity index (χ4v) is 3.68. The van der Waals surface area contributed by atoms with Crippen molar-refractivity contribution in [3.63, 3.8) is 0 Å². The summed E-state index contributed by atoms with van der Waals surface area (Å²) in [6, 6.07) is 17.3. The molecule has 0 aliphatic carbocycles. The number of nitrogens with zero attached hydrogens (tertiary/aromatic N) is 4. The highest BCUT2D eigenvalue weighted by Crippen LogP contribution is 2.23. The second-order valence-electron chi connectivity index (χ2n) is 8.05.